The average Bonchev–Trinajstić information content (AvgIpc) is 2.31. The SMILES string of the molecule is C/C(=C\[C@H](C(C)C)N(C)C(=O)[C@@H](N)[C@H](C)O)C(=O)O.Cl. The van der Waals surface area contributed by atoms with Crippen LogP contribution in [0.25, 0.3) is 0 Å². The topological polar surface area (TPSA) is 104 Å². The van der Waals surface area contributed by atoms with Crippen LogP contribution in [-0.4, -0.2) is 52.2 Å². The minimum Gasteiger partial charge on any atom is -0.478 e. The van der Waals surface area contributed by atoms with Crippen LogP contribution in [0.1, 0.15) is 27.7 Å². The Morgan fingerprint density at radius 2 is 1.70 bits per heavy atom. The smallest absolute Gasteiger partial charge is 0.331 e. The number of rotatable bonds is 6. The van der Waals surface area contributed by atoms with Gasteiger partial charge >= 0.3 is 5.97 Å². The highest BCUT2D eigenvalue weighted by Gasteiger charge is 2.28. The number of amides is 1. The first-order valence-electron chi connectivity index (χ1n) is 6.21. The van der Waals surface area contributed by atoms with Gasteiger partial charge in [-0.3, -0.25) is 4.79 Å². The molecular formula is C13H25ClN2O4. The van der Waals surface area contributed by atoms with Crippen LogP contribution in [0.15, 0.2) is 11.6 Å². The van der Waals surface area contributed by atoms with Gasteiger partial charge in [-0.2, -0.15) is 0 Å². The molecule has 0 heterocycles. The second kappa shape index (κ2) is 8.94. The number of carbonyl (C=O) groups is 2. The molecule has 6 nitrogen and oxygen atoms in total. The van der Waals surface area contributed by atoms with E-state index in [1.54, 1.807) is 7.05 Å². The molecule has 0 saturated carbocycles. The van der Waals surface area contributed by atoms with Crippen molar-refractivity contribution in [2.24, 2.45) is 11.7 Å². The molecule has 0 spiro atoms. The van der Waals surface area contributed by atoms with Crippen molar-refractivity contribution in [2.75, 3.05) is 7.05 Å². The predicted molar refractivity (Wildman–Crippen MR) is 79.7 cm³/mol. The van der Waals surface area contributed by atoms with Crippen LogP contribution in [0.2, 0.25) is 0 Å². The number of carboxylic acids is 1. The summed E-state index contributed by atoms with van der Waals surface area (Å²) in [6, 6.07) is -1.39. The van der Waals surface area contributed by atoms with Crippen molar-refractivity contribution >= 4 is 24.3 Å². The summed E-state index contributed by atoms with van der Waals surface area (Å²) in [5.41, 5.74) is 5.78. The minimum absolute atomic E-state index is 0. The third kappa shape index (κ3) is 5.90. The number of hydrogen-bond acceptors (Lipinski definition) is 4. The fourth-order valence-corrected chi connectivity index (χ4v) is 1.67. The Kier molecular flexibility index (Phi) is 9.48. The summed E-state index contributed by atoms with van der Waals surface area (Å²) >= 11 is 0. The number of aliphatic hydroxyl groups excluding tert-OH is 1. The van der Waals surface area contributed by atoms with Gasteiger partial charge < -0.3 is 20.8 Å². The molecule has 4 N–H and O–H groups in total. The van der Waals surface area contributed by atoms with Crippen LogP contribution >= 0.6 is 12.4 Å². The summed E-state index contributed by atoms with van der Waals surface area (Å²) in [4.78, 5) is 24.3. The van der Waals surface area contributed by atoms with Crippen LogP contribution in [0.4, 0.5) is 0 Å². The van der Waals surface area contributed by atoms with E-state index in [-0.39, 0.29) is 29.9 Å². The Bertz CT molecular complexity index is 369. The third-order valence-corrected chi connectivity index (χ3v) is 3.04. The molecule has 0 rings (SSSR count). The lowest BCUT2D eigenvalue weighted by Gasteiger charge is -2.32. The third-order valence-electron chi connectivity index (χ3n) is 3.04. The molecule has 118 valence electrons. The molecule has 3 atom stereocenters. The van der Waals surface area contributed by atoms with E-state index < -0.39 is 24.0 Å². The van der Waals surface area contributed by atoms with Gasteiger partial charge in [-0.1, -0.05) is 19.9 Å². The molecular weight excluding hydrogens is 284 g/mol. The number of carboxylic acid groups (broad SMARTS) is 1. The van der Waals surface area contributed by atoms with E-state index in [0.717, 1.165) is 0 Å². The van der Waals surface area contributed by atoms with E-state index in [0.29, 0.717) is 0 Å². The second-order valence-electron chi connectivity index (χ2n) is 5.10. The monoisotopic (exact) mass is 308 g/mol. The summed E-state index contributed by atoms with van der Waals surface area (Å²) in [5, 5.41) is 18.2. The molecule has 0 aromatic carbocycles. The normalized spacial score (nSPS) is 16.1. The van der Waals surface area contributed by atoms with E-state index in [1.807, 2.05) is 13.8 Å². The molecule has 0 aromatic rings. The summed E-state index contributed by atoms with van der Waals surface area (Å²) in [6.45, 7) is 6.69. The Balaban J connectivity index is 0. The maximum atomic E-state index is 12.0. The average molecular weight is 309 g/mol. The first-order chi connectivity index (χ1) is 8.59. The molecule has 0 aliphatic heterocycles. The number of aliphatic hydroxyl groups is 1. The zero-order valence-corrected chi connectivity index (χ0v) is 13.3. The van der Waals surface area contributed by atoms with Crippen LogP contribution < -0.4 is 5.73 Å². The lowest BCUT2D eigenvalue weighted by atomic mass is 9.99. The van der Waals surface area contributed by atoms with Gasteiger partial charge in [-0.15, -0.1) is 12.4 Å². The highest BCUT2D eigenvalue weighted by Crippen LogP contribution is 2.14. The molecule has 0 aromatic heterocycles. The zero-order valence-electron chi connectivity index (χ0n) is 12.5. The number of halogens is 1. The molecule has 0 aliphatic rings. The first kappa shape index (κ1) is 21.2. The van der Waals surface area contributed by atoms with E-state index in [1.165, 1.54) is 24.8 Å². The van der Waals surface area contributed by atoms with Gasteiger partial charge in [0.25, 0.3) is 0 Å². The lowest BCUT2D eigenvalue weighted by Crippen LogP contribution is -2.51. The molecule has 7 heteroatoms. The highest BCUT2D eigenvalue weighted by atomic mass is 35.5. The van der Waals surface area contributed by atoms with Gasteiger partial charge in [-0.25, -0.2) is 4.79 Å². The van der Waals surface area contributed by atoms with Gasteiger partial charge in [0.1, 0.15) is 6.04 Å². The minimum atomic E-state index is -1.02. The number of nitrogens with zero attached hydrogens (tertiary/aromatic N) is 1. The standard InChI is InChI=1S/C13H24N2O4.ClH/c1-7(2)10(6-8(3)13(18)19)15(5)12(17)11(14)9(4)16;/h6-7,9-11,16H,14H2,1-5H3,(H,18,19);1H/b8-6+;/t9-,10+,11-;/m0./s1. The van der Waals surface area contributed by atoms with Crippen molar-refractivity contribution in [1.82, 2.24) is 4.90 Å². The number of likely N-dealkylation sites (N-methyl/N-ethyl adjacent to an activating group) is 1. The van der Waals surface area contributed by atoms with Crippen molar-refractivity contribution in [3.63, 3.8) is 0 Å². The molecule has 0 saturated heterocycles. The summed E-state index contributed by atoms with van der Waals surface area (Å²) in [7, 11) is 1.56. The molecule has 1 amide bonds. The molecule has 0 radical (unpaired) electrons. The van der Waals surface area contributed by atoms with Crippen molar-refractivity contribution in [3.05, 3.63) is 11.6 Å². The van der Waals surface area contributed by atoms with Gasteiger partial charge in [-0.05, 0) is 19.8 Å². The number of nitrogens with two attached hydrogens (primary N) is 1. The molecule has 0 unspecified atom stereocenters. The van der Waals surface area contributed by atoms with Crippen LogP contribution in [-0.2, 0) is 9.59 Å². The largest absolute Gasteiger partial charge is 0.478 e. The second-order valence-corrected chi connectivity index (χ2v) is 5.10. The number of aliphatic carboxylic acids is 1. The summed E-state index contributed by atoms with van der Waals surface area (Å²) in [6.07, 6.45) is 0.576. The van der Waals surface area contributed by atoms with Crippen LogP contribution in [0.3, 0.4) is 0 Å². The van der Waals surface area contributed by atoms with E-state index >= 15 is 0 Å². The Morgan fingerprint density at radius 3 is 2.00 bits per heavy atom. The quantitative estimate of drug-likeness (QED) is 0.624. The van der Waals surface area contributed by atoms with Gasteiger partial charge in [0, 0.05) is 12.6 Å². The molecule has 0 fully saturated rings. The lowest BCUT2D eigenvalue weighted by molar-refractivity contribution is -0.136. The first-order valence-corrected chi connectivity index (χ1v) is 6.21. The fourth-order valence-electron chi connectivity index (χ4n) is 1.67. The zero-order chi connectivity index (χ0) is 15.3. The summed E-state index contributed by atoms with van der Waals surface area (Å²) in [5.74, 6) is -1.40. The maximum Gasteiger partial charge on any atom is 0.331 e. The Labute approximate surface area is 126 Å². The highest BCUT2D eigenvalue weighted by molar-refractivity contribution is 5.86. The molecule has 20 heavy (non-hydrogen) atoms. The number of carbonyl (C=O) groups excluding carboxylic acids is 1. The van der Waals surface area contributed by atoms with Crippen LogP contribution in [0.5, 0.6) is 0 Å². The van der Waals surface area contributed by atoms with Gasteiger partial charge in [0.2, 0.25) is 5.91 Å². The molecule has 0 aliphatic carbocycles. The Morgan fingerprint density at radius 1 is 1.25 bits per heavy atom. The van der Waals surface area contributed by atoms with E-state index in [4.69, 9.17) is 10.8 Å². The van der Waals surface area contributed by atoms with Crippen molar-refractivity contribution in [3.8, 4) is 0 Å². The van der Waals surface area contributed by atoms with Crippen LogP contribution in [0, 0.1) is 5.92 Å². The summed E-state index contributed by atoms with van der Waals surface area (Å²) < 4.78 is 0. The van der Waals surface area contributed by atoms with E-state index in [9.17, 15) is 14.7 Å². The van der Waals surface area contributed by atoms with Gasteiger partial charge in [0.05, 0.1) is 12.1 Å². The van der Waals surface area contributed by atoms with Crippen molar-refractivity contribution < 1.29 is 19.8 Å². The fraction of sp³-hybridized carbons (Fsp3) is 0.692. The van der Waals surface area contributed by atoms with E-state index in [2.05, 4.69) is 0 Å². The maximum absolute atomic E-state index is 12.0. The number of hydrogen-bond donors (Lipinski definition) is 3. The van der Waals surface area contributed by atoms with Gasteiger partial charge in [0.15, 0.2) is 0 Å². The molecule has 0 bridgehead atoms. The van der Waals surface area contributed by atoms with Crippen molar-refractivity contribution in [2.45, 2.75) is 45.9 Å². The predicted octanol–water partition coefficient (Wildman–Crippen LogP) is 0.630. The Hall–Kier alpha value is -1.11. The van der Waals surface area contributed by atoms with Crippen molar-refractivity contribution in [1.29, 1.82) is 0 Å².